The molecule has 0 spiro atoms. The molecule has 2 heterocycles. The second kappa shape index (κ2) is 6.72. The Hall–Kier alpha value is -1.88. The first-order valence-electron chi connectivity index (χ1n) is 7.09. The molecule has 0 aliphatic rings. The third-order valence-corrected chi connectivity index (χ3v) is 4.26. The topological polar surface area (TPSA) is 54.0 Å². The highest BCUT2D eigenvalue weighted by molar-refractivity contribution is 7.12. The van der Waals surface area contributed by atoms with Crippen LogP contribution in [0.3, 0.4) is 0 Å². The maximum Gasteiger partial charge on any atom is 0.251 e. The summed E-state index contributed by atoms with van der Waals surface area (Å²) in [6, 6.07) is 5.64. The highest BCUT2D eigenvalue weighted by atomic mass is 32.1. The fraction of sp³-hybridized carbons (Fsp3) is 0.375. The second-order valence-electron chi connectivity index (χ2n) is 5.02. The van der Waals surface area contributed by atoms with Crippen LogP contribution in [-0.2, 0) is 0 Å². The van der Waals surface area contributed by atoms with E-state index in [1.165, 1.54) is 15.3 Å². The molecule has 0 saturated heterocycles. The number of hydrogen-bond donors (Lipinski definition) is 2. The van der Waals surface area contributed by atoms with Crippen molar-refractivity contribution in [1.29, 1.82) is 0 Å². The Balaban J connectivity index is 2.10. The molecule has 0 aliphatic heterocycles. The molecule has 2 rings (SSSR count). The molecule has 112 valence electrons. The van der Waals surface area contributed by atoms with E-state index in [0.717, 1.165) is 12.4 Å². The van der Waals surface area contributed by atoms with Gasteiger partial charge in [0.25, 0.3) is 5.91 Å². The molecular weight excluding hydrogens is 282 g/mol. The largest absolute Gasteiger partial charge is 0.370 e. The molecule has 1 unspecified atom stereocenters. The van der Waals surface area contributed by atoms with E-state index in [-0.39, 0.29) is 11.9 Å². The summed E-state index contributed by atoms with van der Waals surface area (Å²) < 4.78 is 0. The number of rotatable bonds is 5. The minimum Gasteiger partial charge on any atom is -0.370 e. The van der Waals surface area contributed by atoms with Crippen LogP contribution in [-0.4, -0.2) is 17.4 Å². The van der Waals surface area contributed by atoms with Gasteiger partial charge < -0.3 is 10.6 Å². The monoisotopic (exact) mass is 303 g/mol. The van der Waals surface area contributed by atoms with Gasteiger partial charge in [-0.2, -0.15) is 0 Å². The number of amides is 1. The van der Waals surface area contributed by atoms with E-state index >= 15 is 0 Å². The Morgan fingerprint density at radius 2 is 2.14 bits per heavy atom. The minimum atomic E-state index is -0.0766. The fourth-order valence-electron chi connectivity index (χ4n) is 2.29. The van der Waals surface area contributed by atoms with E-state index in [0.29, 0.717) is 5.56 Å². The summed E-state index contributed by atoms with van der Waals surface area (Å²) in [5, 5.41) is 6.16. The highest BCUT2D eigenvalue weighted by Gasteiger charge is 2.15. The number of nitrogens with zero attached hydrogens (tertiary/aromatic N) is 1. The lowest BCUT2D eigenvalue weighted by molar-refractivity contribution is 0.0940. The molecule has 0 saturated carbocycles. The minimum absolute atomic E-state index is 0.00167. The molecule has 0 fully saturated rings. The van der Waals surface area contributed by atoms with Crippen LogP contribution in [0.1, 0.15) is 45.6 Å². The Morgan fingerprint density at radius 1 is 1.38 bits per heavy atom. The van der Waals surface area contributed by atoms with Crippen LogP contribution in [0.2, 0.25) is 0 Å². The van der Waals surface area contributed by atoms with E-state index in [9.17, 15) is 4.79 Å². The van der Waals surface area contributed by atoms with Crippen LogP contribution < -0.4 is 10.6 Å². The molecule has 1 amide bonds. The number of aromatic nitrogens is 1. The van der Waals surface area contributed by atoms with Crippen molar-refractivity contribution in [2.75, 3.05) is 11.9 Å². The number of anilines is 1. The summed E-state index contributed by atoms with van der Waals surface area (Å²) in [5.74, 6) is 0.646. The third kappa shape index (κ3) is 3.82. The number of carbonyl (C=O) groups is 1. The van der Waals surface area contributed by atoms with Crippen LogP contribution in [0.5, 0.6) is 0 Å². The quantitative estimate of drug-likeness (QED) is 0.886. The zero-order valence-corrected chi connectivity index (χ0v) is 13.7. The molecule has 0 aromatic carbocycles. The highest BCUT2D eigenvalue weighted by Crippen LogP contribution is 2.26. The zero-order valence-electron chi connectivity index (χ0n) is 12.9. The first-order valence-corrected chi connectivity index (χ1v) is 7.90. The van der Waals surface area contributed by atoms with Gasteiger partial charge in [-0.25, -0.2) is 4.98 Å². The molecule has 4 nitrogen and oxygen atoms in total. The normalized spacial score (nSPS) is 12.0. The van der Waals surface area contributed by atoms with Gasteiger partial charge in [-0.05, 0) is 51.5 Å². The number of carbonyl (C=O) groups excluding carboxylic acids is 1. The Labute approximate surface area is 129 Å². The average Bonchev–Trinajstić information content (AvgIpc) is 2.78. The van der Waals surface area contributed by atoms with Crippen molar-refractivity contribution in [2.45, 2.75) is 33.7 Å². The van der Waals surface area contributed by atoms with Gasteiger partial charge in [0.05, 0.1) is 6.04 Å². The number of nitrogens with one attached hydrogen (secondary N) is 2. The van der Waals surface area contributed by atoms with Gasteiger partial charge in [-0.3, -0.25) is 4.79 Å². The molecule has 21 heavy (non-hydrogen) atoms. The van der Waals surface area contributed by atoms with Crippen molar-refractivity contribution in [3.05, 3.63) is 45.3 Å². The van der Waals surface area contributed by atoms with Gasteiger partial charge in [-0.15, -0.1) is 11.3 Å². The van der Waals surface area contributed by atoms with E-state index in [2.05, 4.69) is 35.5 Å². The third-order valence-electron chi connectivity index (χ3n) is 3.27. The predicted molar refractivity (Wildman–Crippen MR) is 88.1 cm³/mol. The first-order chi connectivity index (χ1) is 10.0. The van der Waals surface area contributed by atoms with E-state index < -0.39 is 0 Å². The lowest BCUT2D eigenvalue weighted by Gasteiger charge is -2.14. The van der Waals surface area contributed by atoms with Crippen molar-refractivity contribution >= 4 is 23.1 Å². The van der Waals surface area contributed by atoms with Crippen LogP contribution in [0.25, 0.3) is 0 Å². The summed E-state index contributed by atoms with van der Waals surface area (Å²) in [5.41, 5.74) is 1.81. The molecule has 2 aromatic rings. The molecule has 2 aromatic heterocycles. The van der Waals surface area contributed by atoms with Crippen LogP contribution in [0.4, 0.5) is 5.82 Å². The number of aryl methyl sites for hydroxylation is 2. The van der Waals surface area contributed by atoms with Crippen LogP contribution >= 0.6 is 11.3 Å². The Morgan fingerprint density at radius 3 is 2.76 bits per heavy atom. The maximum atomic E-state index is 12.3. The van der Waals surface area contributed by atoms with Crippen molar-refractivity contribution in [3.8, 4) is 0 Å². The van der Waals surface area contributed by atoms with Crippen molar-refractivity contribution in [1.82, 2.24) is 10.3 Å². The fourth-order valence-corrected chi connectivity index (χ4v) is 3.31. The van der Waals surface area contributed by atoms with Gasteiger partial charge >= 0.3 is 0 Å². The first kappa shape index (κ1) is 15.5. The van der Waals surface area contributed by atoms with Gasteiger partial charge in [-0.1, -0.05) is 0 Å². The van der Waals surface area contributed by atoms with E-state index in [4.69, 9.17) is 0 Å². The summed E-state index contributed by atoms with van der Waals surface area (Å²) >= 11 is 1.76. The summed E-state index contributed by atoms with van der Waals surface area (Å²) in [7, 11) is 0. The zero-order chi connectivity index (χ0) is 15.4. The molecule has 0 radical (unpaired) electrons. The molecule has 1 atom stereocenters. The summed E-state index contributed by atoms with van der Waals surface area (Å²) in [6.07, 6.45) is 1.65. The van der Waals surface area contributed by atoms with Gasteiger partial charge in [0.15, 0.2) is 0 Å². The van der Waals surface area contributed by atoms with E-state index in [1.807, 2.05) is 13.8 Å². The standard InChI is InChI=1S/C16H21N3OS/c1-5-17-15-9-13(6-7-18-15)16(20)19-11(3)14-8-10(2)21-12(14)4/h6-9,11H,5H2,1-4H3,(H,17,18)(H,19,20). The molecule has 5 heteroatoms. The van der Waals surface area contributed by atoms with Crippen molar-refractivity contribution in [3.63, 3.8) is 0 Å². The van der Waals surface area contributed by atoms with Crippen molar-refractivity contribution < 1.29 is 4.79 Å². The molecular formula is C16H21N3OS. The molecule has 0 aliphatic carbocycles. The summed E-state index contributed by atoms with van der Waals surface area (Å²) in [4.78, 5) is 19.0. The second-order valence-corrected chi connectivity index (χ2v) is 6.48. The molecule has 2 N–H and O–H groups in total. The predicted octanol–water partition coefficient (Wildman–Crippen LogP) is 3.68. The lowest BCUT2D eigenvalue weighted by atomic mass is 10.1. The molecule has 0 bridgehead atoms. The van der Waals surface area contributed by atoms with Gasteiger partial charge in [0.1, 0.15) is 5.82 Å². The van der Waals surface area contributed by atoms with Crippen LogP contribution in [0, 0.1) is 13.8 Å². The smallest absolute Gasteiger partial charge is 0.251 e. The Kier molecular flexibility index (Phi) is 4.96. The number of hydrogen-bond acceptors (Lipinski definition) is 4. The number of pyridine rings is 1. The summed E-state index contributed by atoms with van der Waals surface area (Å²) in [6.45, 7) is 8.96. The Bertz CT molecular complexity index is 636. The average molecular weight is 303 g/mol. The van der Waals surface area contributed by atoms with Gasteiger partial charge in [0.2, 0.25) is 0 Å². The van der Waals surface area contributed by atoms with Crippen LogP contribution in [0.15, 0.2) is 24.4 Å². The lowest BCUT2D eigenvalue weighted by Crippen LogP contribution is -2.26. The maximum absolute atomic E-state index is 12.3. The number of thiophene rings is 1. The SMILES string of the molecule is CCNc1cc(C(=O)NC(C)c2cc(C)sc2C)ccn1. The van der Waals surface area contributed by atoms with Gasteiger partial charge in [0, 0.05) is 28.1 Å². The van der Waals surface area contributed by atoms with E-state index in [1.54, 1.807) is 29.7 Å². The van der Waals surface area contributed by atoms with Crippen molar-refractivity contribution in [2.24, 2.45) is 0 Å².